The van der Waals surface area contributed by atoms with Gasteiger partial charge in [-0.1, -0.05) is 0 Å². The van der Waals surface area contributed by atoms with Gasteiger partial charge in [0, 0.05) is 0 Å². The second kappa shape index (κ2) is 5.62. The Labute approximate surface area is 133 Å². The van der Waals surface area contributed by atoms with Gasteiger partial charge in [0.2, 0.25) is 0 Å². The minimum Gasteiger partial charge on any atom is -0.448 e. The number of hydrogen-bond donors (Lipinski definition) is 0. The minimum absolute atomic E-state index is 0.294. The van der Waals surface area contributed by atoms with Crippen molar-refractivity contribution in [1.82, 2.24) is 0 Å². The van der Waals surface area contributed by atoms with Gasteiger partial charge in [0.15, 0.2) is 30.1 Å². The summed E-state index contributed by atoms with van der Waals surface area (Å²) in [6, 6.07) is 0. The third-order valence-electron chi connectivity index (χ3n) is 3.84. The number of rotatable bonds is 3. The highest BCUT2D eigenvalue weighted by molar-refractivity contribution is 6.20. The summed E-state index contributed by atoms with van der Waals surface area (Å²) in [5, 5.41) is 0. The fourth-order valence-corrected chi connectivity index (χ4v) is 3.03. The fraction of sp³-hybridized carbons (Fsp3) is 0.857. The van der Waals surface area contributed by atoms with Crippen molar-refractivity contribution in [1.29, 1.82) is 0 Å². The first-order valence-corrected chi connectivity index (χ1v) is 7.42. The molecule has 3 aliphatic rings. The molecule has 3 rings (SSSR count). The number of hydrogen-bond acceptors (Lipinski definition) is 7. The summed E-state index contributed by atoms with van der Waals surface area (Å²) in [6.45, 7) is 7.37. The molecular formula is C14H20N2O7. The first-order chi connectivity index (χ1) is 10.7. The zero-order valence-electron chi connectivity index (χ0n) is 13.4. The van der Waals surface area contributed by atoms with E-state index in [0.29, 0.717) is 12.8 Å². The Morgan fingerprint density at radius 3 is 2.52 bits per heavy atom. The van der Waals surface area contributed by atoms with Crippen LogP contribution in [-0.2, 0) is 33.2 Å². The van der Waals surface area contributed by atoms with Crippen molar-refractivity contribution in [3.05, 3.63) is 5.53 Å². The van der Waals surface area contributed by atoms with Gasteiger partial charge in [-0.25, -0.2) is 4.79 Å². The van der Waals surface area contributed by atoms with Gasteiger partial charge in [-0.3, -0.25) is 0 Å². The van der Waals surface area contributed by atoms with E-state index in [0.717, 1.165) is 0 Å². The predicted octanol–water partition coefficient (Wildman–Crippen LogP) is 0.227. The average molecular weight is 328 g/mol. The van der Waals surface area contributed by atoms with Crippen LogP contribution in [0, 0.1) is 0 Å². The topological polar surface area (TPSA) is 109 Å². The van der Waals surface area contributed by atoms with Crippen molar-refractivity contribution in [3.63, 3.8) is 0 Å². The van der Waals surface area contributed by atoms with Crippen LogP contribution in [0.5, 0.6) is 0 Å². The third kappa shape index (κ3) is 3.30. The molecule has 9 heteroatoms. The lowest BCUT2D eigenvalue weighted by atomic mass is 10.1. The van der Waals surface area contributed by atoms with Crippen molar-refractivity contribution < 1.29 is 38.0 Å². The number of esters is 1. The Morgan fingerprint density at radius 1 is 1.17 bits per heavy atom. The van der Waals surface area contributed by atoms with Crippen LogP contribution in [-0.4, -0.2) is 65.9 Å². The maximum absolute atomic E-state index is 11.7. The maximum Gasteiger partial charge on any atom is 0.414 e. The zero-order chi connectivity index (χ0) is 16.8. The van der Waals surface area contributed by atoms with Crippen molar-refractivity contribution >= 4 is 12.2 Å². The molecule has 23 heavy (non-hydrogen) atoms. The van der Waals surface area contributed by atoms with Gasteiger partial charge in [0.25, 0.3) is 0 Å². The highest BCUT2D eigenvalue weighted by atomic mass is 16.8. The number of fused-ring (bicyclic) bond motifs is 1. The molecule has 0 amide bonds. The van der Waals surface area contributed by atoms with Gasteiger partial charge in [0.05, 0.1) is 6.61 Å². The van der Waals surface area contributed by atoms with Crippen LogP contribution < -0.4 is 0 Å². The molecule has 0 bridgehead atoms. The molecule has 5 atom stereocenters. The lowest BCUT2D eigenvalue weighted by Gasteiger charge is -2.28. The van der Waals surface area contributed by atoms with E-state index in [1.807, 2.05) is 0 Å². The molecule has 0 aromatic carbocycles. The van der Waals surface area contributed by atoms with Crippen molar-refractivity contribution in [3.8, 4) is 0 Å². The van der Waals surface area contributed by atoms with E-state index in [9.17, 15) is 4.79 Å². The lowest BCUT2D eigenvalue weighted by molar-refractivity contribution is -0.234. The van der Waals surface area contributed by atoms with Crippen LogP contribution in [0.4, 0.5) is 0 Å². The van der Waals surface area contributed by atoms with Gasteiger partial charge in [0.1, 0.15) is 12.2 Å². The van der Waals surface area contributed by atoms with Gasteiger partial charge in [-0.05, 0) is 27.7 Å². The van der Waals surface area contributed by atoms with E-state index < -0.39 is 48.2 Å². The van der Waals surface area contributed by atoms with E-state index in [1.54, 1.807) is 27.7 Å². The summed E-state index contributed by atoms with van der Waals surface area (Å²) >= 11 is 0. The van der Waals surface area contributed by atoms with Crippen LogP contribution in [0.1, 0.15) is 27.7 Å². The van der Waals surface area contributed by atoms with Crippen LogP contribution in [0.25, 0.3) is 5.53 Å². The monoisotopic (exact) mass is 328 g/mol. The molecule has 3 heterocycles. The third-order valence-corrected chi connectivity index (χ3v) is 3.84. The Bertz CT molecular complexity index is 543. The molecule has 0 aromatic heterocycles. The van der Waals surface area contributed by atoms with Gasteiger partial charge >= 0.3 is 12.2 Å². The Kier molecular flexibility index (Phi) is 4.04. The molecule has 9 nitrogen and oxygen atoms in total. The average Bonchev–Trinajstić information content (AvgIpc) is 3.01. The standard InChI is InChI=1S/C14H20N2O7/c1-13(2)18-6-7(21-13)9-10(19-8(17)5-16-15)11-12(20-9)23-14(3,4)22-11/h5,7,9-12H,6H2,1-4H3/t7-,9-,10+,11-,12-/m1/s1. The largest absolute Gasteiger partial charge is 0.448 e. The lowest BCUT2D eigenvalue weighted by Crippen LogP contribution is -2.45. The fourth-order valence-electron chi connectivity index (χ4n) is 3.03. The van der Waals surface area contributed by atoms with Crippen molar-refractivity contribution in [2.75, 3.05) is 6.61 Å². The van der Waals surface area contributed by atoms with Crippen LogP contribution in [0.3, 0.4) is 0 Å². The second-order valence-electron chi connectivity index (χ2n) is 6.58. The molecule has 0 N–H and O–H groups in total. The second-order valence-corrected chi connectivity index (χ2v) is 6.58. The SMILES string of the molecule is CC1(C)O[C@H]2O[C@H]([C@H]3COC(C)(C)O3)[C@H](OC(=O)C=[N+]=[N-])[C@H]2O1. The van der Waals surface area contributed by atoms with Gasteiger partial charge in [-0.2, -0.15) is 4.79 Å². The molecule has 0 aromatic rings. The van der Waals surface area contributed by atoms with E-state index in [4.69, 9.17) is 34.0 Å². The highest BCUT2D eigenvalue weighted by Gasteiger charge is 2.60. The van der Waals surface area contributed by atoms with Crippen LogP contribution in [0.2, 0.25) is 0 Å². The molecular weight excluding hydrogens is 308 g/mol. The molecule has 3 aliphatic heterocycles. The highest BCUT2D eigenvalue weighted by Crippen LogP contribution is 2.41. The quantitative estimate of drug-likeness (QED) is 0.316. The van der Waals surface area contributed by atoms with Crippen molar-refractivity contribution in [2.24, 2.45) is 0 Å². The van der Waals surface area contributed by atoms with E-state index >= 15 is 0 Å². The first kappa shape index (κ1) is 16.5. The smallest absolute Gasteiger partial charge is 0.414 e. The summed E-state index contributed by atoms with van der Waals surface area (Å²) in [7, 11) is 0. The predicted molar refractivity (Wildman–Crippen MR) is 73.2 cm³/mol. The molecule has 128 valence electrons. The first-order valence-electron chi connectivity index (χ1n) is 7.42. The molecule has 0 aliphatic carbocycles. The van der Waals surface area contributed by atoms with Crippen LogP contribution in [0.15, 0.2) is 0 Å². The normalized spacial score (nSPS) is 40.4. The minimum atomic E-state index is -0.845. The summed E-state index contributed by atoms with van der Waals surface area (Å²) in [4.78, 5) is 14.4. The number of nitrogens with zero attached hydrogens (tertiary/aromatic N) is 2. The Hall–Kier alpha value is -1.35. The van der Waals surface area contributed by atoms with Crippen molar-refractivity contribution in [2.45, 2.75) is 70.0 Å². The number of carbonyl (C=O) groups excluding carboxylic acids is 1. The van der Waals surface area contributed by atoms with Crippen LogP contribution >= 0.6 is 0 Å². The Balaban J connectivity index is 1.78. The summed E-state index contributed by atoms with van der Waals surface area (Å²) < 4.78 is 34.0. The maximum atomic E-state index is 11.7. The number of ether oxygens (including phenoxy) is 6. The molecule has 0 spiro atoms. The molecule has 0 unspecified atom stereocenters. The van der Waals surface area contributed by atoms with E-state index in [2.05, 4.69) is 4.79 Å². The Morgan fingerprint density at radius 2 is 1.91 bits per heavy atom. The van der Waals surface area contributed by atoms with Gasteiger partial charge in [-0.15, -0.1) is 0 Å². The zero-order valence-corrected chi connectivity index (χ0v) is 13.4. The summed E-state index contributed by atoms with van der Waals surface area (Å²) in [5.74, 6) is -2.39. The number of carbonyl (C=O) groups is 1. The molecule has 3 saturated heterocycles. The summed E-state index contributed by atoms with van der Waals surface area (Å²) in [5.41, 5.74) is 8.46. The molecule has 3 fully saturated rings. The van der Waals surface area contributed by atoms with E-state index in [-0.39, 0.29) is 0 Å². The summed E-state index contributed by atoms with van der Waals surface area (Å²) in [6.07, 6.45) is -2.42. The van der Waals surface area contributed by atoms with E-state index in [1.165, 1.54) is 0 Å². The van der Waals surface area contributed by atoms with Gasteiger partial charge < -0.3 is 34.0 Å². The molecule has 0 saturated carbocycles. The molecule has 0 radical (unpaired) electrons.